The van der Waals surface area contributed by atoms with Crippen LogP contribution in [-0.2, 0) is 32.0 Å². The van der Waals surface area contributed by atoms with Crippen LogP contribution in [0.25, 0.3) is 22.0 Å². The minimum atomic E-state index is -5.19. The van der Waals surface area contributed by atoms with Crippen molar-refractivity contribution in [3.63, 3.8) is 0 Å². The van der Waals surface area contributed by atoms with Gasteiger partial charge in [-0.05, 0) is 71.5 Å². The molecule has 2 bridgehead atoms. The van der Waals surface area contributed by atoms with E-state index in [0.717, 1.165) is 39.6 Å². The number of anilines is 2. The molecule has 6 N–H and O–H groups in total. The average molecular weight is 906 g/mol. The van der Waals surface area contributed by atoms with Gasteiger partial charge in [-0.2, -0.15) is 13.2 Å². The van der Waals surface area contributed by atoms with Gasteiger partial charge in [0.15, 0.2) is 0 Å². The minimum absolute atomic E-state index is 0.0670. The number of aromatic hydroxyl groups is 1. The molecule has 8 rings (SSSR count). The van der Waals surface area contributed by atoms with E-state index in [4.69, 9.17) is 31.0 Å². The number of alkyl halides is 3. The normalized spacial score (nSPS) is 20.9. The third-order valence-corrected chi connectivity index (χ3v) is 12.4. The topological polar surface area (TPSA) is 205 Å². The maximum Gasteiger partial charge on any atom is 0.430 e. The molecule has 64 heavy (non-hydrogen) atoms. The summed E-state index contributed by atoms with van der Waals surface area (Å²) in [5.74, 6) is -3.23. The zero-order valence-corrected chi connectivity index (χ0v) is 35.5. The van der Waals surface area contributed by atoms with Gasteiger partial charge in [0.05, 0.1) is 42.1 Å². The maximum absolute atomic E-state index is 13.2. The predicted octanol–water partition coefficient (Wildman–Crippen LogP) is 5.94. The Hall–Kier alpha value is -5.98. The number of benzene rings is 4. The van der Waals surface area contributed by atoms with Crippen LogP contribution in [0, 0.1) is 0 Å². The number of H-pyrrole nitrogens is 1. The number of carboxylic acids is 1. The minimum Gasteiger partial charge on any atom is -0.542 e. The Morgan fingerprint density at radius 2 is 1.61 bits per heavy atom. The number of aromatic nitrogens is 1. The fourth-order valence-electron chi connectivity index (χ4n) is 8.75. The Kier molecular flexibility index (Phi) is 13.7. The number of aliphatic hydroxyl groups excluding tert-OH is 1. The average Bonchev–Trinajstić information content (AvgIpc) is 4.02. The van der Waals surface area contributed by atoms with Gasteiger partial charge in [-0.15, -0.1) is 0 Å². The van der Waals surface area contributed by atoms with Crippen LogP contribution in [-0.4, -0.2) is 94.9 Å². The second-order valence-electron chi connectivity index (χ2n) is 16.6. The molecule has 0 unspecified atom stereocenters. The number of carboxylic acid groups (broad SMARTS) is 1. The van der Waals surface area contributed by atoms with Crippen molar-refractivity contribution in [3.8, 4) is 16.9 Å². The molecule has 4 aromatic carbocycles. The number of likely N-dealkylation sites (N-methyl/N-ethyl adjacent to an activating group) is 1. The number of aliphatic hydroxyl groups is 1. The Bertz CT molecular complexity index is 2570. The van der Waals surface area contributed by atoms with Crippen LogP contribution >= 0.6 is 11.6 Å². The molecule has 0 radical (unpaired) electrons. The summed E-state index contributed by atoms with van der Waals surface area (Å²) in [5, 5.41) is 39.9. The van der Waals surface area contributed by atoms with Crippen LogP contribution in [0.5, 0.6) is 5.75 Å². The lowest BCUT2D eigenvalue weighted by atomic mass is 9.96. The van der Waals surface area contributed by atoms with Crippen molar-refractivity contribution < 1.29 is 56.8 Å². The van der Waals surface area contributed by atoms with Gasteiger partial charge in [-0.1, -0.05) is 60.1 Å². The number of aryl methyl sites for hydroxylation is 1. The van der Waals surface area contributed by atoms with E-state index in [1.54, 1.807) is 24.3 Å². The lowest BCUT2D eigenvalue weighted by molar-refractivity contribution is -0.938. The first-order valence-corrected chi connectivity index (χ1v) is 21.0. The summed E-state index contributed by atoms with van der Waals surface area (Å²) in [5.41, 5.74) is 5.44. The number of phenols is 1. The quantitative estimate of drug-likeness (QED) is 0.0606. The number of hydrogen-bond donors (Lipinski definition) is 6. The molecule has 3 fully saturated rings. The SMILES string of the molecule is C[N+]1(C)[C@@H]2C[C@@H](OC(=O)Nc3ccc(CCCC(=O)Nc4ccc(CNC[C@H](O)c5ccc(O)c6[nH]c(=O)ccc56)cc4Cl)cc3-c3ccccc3)C[C@H]1[C@@H]1O[C@@H]12.O=C([O-])C(F)(F)F. The lowest BCUT2D eigenvalue weighted by Crippen LogP contribution is -2.60. The van der Waals surface area contributed by atoms with Gasteiger partial charge in [0.1, 0.15) is 42.1 Å². The molecule has 4 heterocycles. The van der Waals surface area contributed by atoms with Crippen molar-refractivity contribution in [2.45, 2.75) is 81.3 Å². The number of carbonyl (C=O) groups excluding carboxylic acids is 3. The number of rotatable bonds is 13. The number of aliphatic carboxylic acids is 1. The molecule has 0 spiro atoms. The fraction of sp³-hybridized carbons (Fsp3) is 0.348. The molecular weight excluding hydrogens is 859 g/mol. The Labute approximate surface area is 370 Å². The first-order valence-electron chi connectivity index (χ1n) is 20.6. The summed E-state index contributed by atoms with van der Waals surface area (Å²) in [6, 6.07) is 27.9. The van der Waals surface area contributed by atoms with Gasteiger partial charge in [-0.3, -0.25) is 14.9 Å². The van der Waals surface area contributed by atoms with Crippen LogP contribution in [0.15, 0.2) is 95.8 Å². The third-order valence-electron chi connectivity index (χ3n) is 12.1. The number of epoxide rings is 1. The van der Waals surface area contributed by atoms with Crippen molar-refractivity contribution in [2.75, 3.05) is 31.3 Å². The largest absolute Gasteiger partial charge is 0.542 e. The Morgan fingerprint density at radius 3 is 2.28 bits per heavy atom. The number of morpholine rings is 1. The van der Waals surface area contributed by atoms with Crippen LogP contribution in [0.4, 0.5) is 29.3 Å². The van der Waals surface area contributed by atoms with Crippen LogP contribution in [0.3, 0.4) is 0 Å². The highest BCUT2D eigenvalue weighted by Gasteiger charge is 2.70. The first kappa shape index (κ1) is 46.0. The molecule has 3 saturated heterocycles. The van der Waals surface area contributed by atoms with Crippen molar-refractivity contribution in [1.29, 1.82) is 0 Å². The summed E-state index contributed by atoms with van der Waals surface area (Å²) in [4.78, 5) is 49.3. The number of piperidine rings is 1. The van der Waals surface area contributed by atoms with E-state index in [2.05, 4.69) is 41.1 Å². The predicted molar refractivity (Wildman–Crippen MR) is 230 cm³/mol. The number of ether oxygens (including phenoxy) is 2. The molecule has 5 aromatic rings. The van der Waals surface area contributed by atoms with Gasteiger partial charge >= 0.3 is 12.3 Å². The second-order valence-corrected chi connectivity index (χ2v) is 17.0. The molecule has 1 aromatic heterocycles. The number of nitrogens with one attached hydrogen (secondary N) is 4. The van der Waals surface area contributed by atoms with Crippen LogP contribution in [0.2, 0.25) is 5.02 Å². The summed E-state index contributed by atoms with van der Waals surface area (Å²) < 4.78 is 44.3. The number of halogens is 4. The van der Waals surface area contributed by atoms with E-state index in [-0.39, 0.29) is 54.0 Å². The van der Waals surface area contributed by atoms with Crippen molar-refractivity contribution in [1.82, 2.24) is 10.3 Å². The zero-order valence-electron chi connectivity index (χ0n) is 34.8. The number of nitrogens with zero attached hydrogens (tertiary/aromatic N) is 1. The Balaban J connectivity index is 0.000000809. The molecule has 338 valence electrons. The highest BCUT2D eigenvalue weighted by atomic mass is 35.5. The van der Waals surface area contributed by atoms with Crippen molar-refractivity contribution in [2.24, 2.45) is 0 Å². The van der Waals surface area contributed by atoms with E-state index in [0.29, 0.717) is 58.8 Å². The van der Waals surface area contributed by atoms with E-state index in [1.807, 2.05) is 48.5 Å². The van der Waals surface area contributed by atoms with E-state index in [9.17, 15) is 37.8 Å². The first-order chi connectivity index (χ1) is 30.4. The van der Waals surface area contributed by atoms with Gasteiger partial charge in [0, 0.05) is 49.4 Å². The molecule has 0 aliphatic carbocycles. The maximum atomic E-state index is 13.2. The smallest absolute Gasteiger partial charge is 0.430 e. The van der Waals surface area contributed by atoms with Crippen molar-refractivity contribution >= 4 is 51.8 Å². The number of quaternary nitrogens is 1. The fourth-order valence-corrected chi connectivity index (χ4v) is 9.00. The van der Waals surface area contributed by atoms with E-state index < -0.39 is 24.3 Å². The number of carbonyl (C=O) groups is 3. The number of aromatic amines is 1. The molecule has 2 amide bonds. The van der Waals surface area contributed by atoms with Crippen LogP contribution < -0.4 is 26.6 Å². The Morgan fingerprint density at radius 1 is 0.938 bits per heavy atom. The summed E-state index contributed by atoms with van der Waals surface area (Å²) >= 11 is 6.56. The standard InChI is InChI=1S/C44H46ClN5O7.C2HF3O2/c1-50(2)35-21-28(22-36(50)43-42(35)57-43)56-44(55)48-33-15-11-25(19-31(33)27-8-4-3-5-9-27)7-6-10-39(53)47-34-16-12-26(20-32(34)45)23-46-24-38(52)29-13-17-37(51)41-30(29)14-18-40(54)49-41;3-2(4,5)1(6)7/h3-5,8-9,11-20,28,35-36,38,42-43,46,52H,6-7,10,21-24H2,1-2H3,(H3-,47,48,49,51,53,54,55);(H,6,7)/t28-,35-,36+,38-,42-,43+;/m0./s1. The molecule has 6 atom stereocenters. The number of amides is 2. The van der Waals surface area contributed by atoms with Gasteiger partial charge < -0.3 is 49.7 Å². The third kappa shape index (κ3) is 10.7. The summed E-state index contributed by atoms with van der Waals surface area (Å²) in [6.07, 6.45) is -2.97. The number of phenolic OH excluding ortho intramolecular Hbond substituents is 1. The molecule has 3 aliphatic rings. The zero-order chi connectivity index (χ0) is 45.9. The monoisotopic (exact) mass is 905 g/mol. The highest BCUT2D eigenvalue weighted by Crippen LogP contribution is 2.51. The highest BCUT2D eigenvalue weighted by molar-refractivity contribution is 6.33. The van der Waals surface area contributed by atoms with Gasteiger partial charge in [-0.25, -0.2) is 4.79 Å². The molecule has 3 aliphatic heterocycles. The molecular formula is C46H47ClF3N5O9. The lowest BCUT2D eigenvalue weighted by Gasteiger charge is -2.45. The molecule has 18 heteroatoms. The van der Waals surface area contributed by atoms with Crippen molar-refractivity contribution in [3.05, 3.63) is 123 Å². The van der Waals surface area contributed by atoms with Crippen LogP contribution in [0.1, 0.15) is 48.5 Å². The summed E-state index contributed by atoms with van der Waals surface area (Å²) in [7, 11) is 4.51. The van der Waals surface area contributed by atoms with E-state index >= 15 is 0 Å². The van der Waals surface area contributed by atoms with Gasteiger partial charge in [0.25, 0.3) is 0 Å². The molecule has 14 nitrogen and oxygen atoms in total. The number of pyridine rings is 1. The second kappa shape index (κ2) is 19.0. The summed E-state index contributed by atoms with van der Waals surface area (Å²) in [6.45, 7) is 0.623. The number of hydrogen-bond acceptors (Lipinski definition) is 10. The van der Waals surface area contributed by atoms with E-state index in [1.165, 1.54) is 12.1 Å². The molecule has 0 saturated carbocycles. The van der Waals surface area contributed by atoms with Gasteiger partial charge in [0.2, 0.25) is 11.5 Å². The number of fused-ring (bicyclic) bond motifs is 6.